The summed E-state index contributed by atoms with van der Waals surface area (Å²) in [6.07, 6.45) is 0. The number of esters is 2. The molecular formula is C25H23ClN2O8S. The van der Waals surface area contributed by atoms with Crippen molar-refractivity contribution in [3.05, 3.63) is 82.4 Å². The molecule has 2 N–H and O–H groups in total. The van der Waals surface area contributed by atoms with E-state index in [0.717, 1.165) is 14.2 Å². The number of hydrogen-bond donors (Lipinski definition) is 2. The van der Waals surface area contributed by atoms with Crippen LogP contribution in [0.25, 0.3) is 0 Å². The van der Waals surface area contributed by atoms with Crippen molar-refractivity contribution in [2.45, 2.75) is 11.8 Å². The lowest BCUT2D eigenvalue weighted by molar-refractivity contribution is 0.0599. The second-order valence-electron chi connectivity index (χ2n) is 7.44. The number of halogens is 1. The minimum atomic E-state index is -4.25. The highest BCUT2D eigenvalue weighted by atomic mass is 35.5. The summed E-state index contributed by atoms with van der Waals surface area (Å²) in [4.78, 5) is 36.6. The molecule has 0 aromatic heterocycles. The fourth-order valence-electron chi connectivity index (χ4n) is 3.22. The molecule has 0 radical (unpaired) electrons. The van der Waals surface area contributed by atoms with Crippen molar-refractivity contribution in [1.29, 1.82) is 0 Å². The molecule has 37 heavy (non-hydrogen) atoms. The average Bonchev–Trinajstić information content (AvgIpc) is 2.88. The number of carbonyl (C=O) groups excluding carboxylic acids is 3. The predicted molar refractivity (Wildman–Crippen MR) is 137 cm³/mol. The maximum Gasteiger partial charge on any atom is 0.337 e. The molecule has 3 rings (SSSR count). The number of hydrogen-bond acceptors (Lipinski definition) is 8. The van der Waals surface area contributed by atoms with Gasteiger partial charge in [0.05, 0.1) is 48.2 Å². The molecule has 0 spiro atoms. The molecule has 0 fully saturated rings. The maximum absolute atomic E-state index is 13.2. The number of benzene rings is 3. The van der Waals surface area contributed by atoms with E-state index in [9.17, 15) is 22.8 Å². The van der Waals surface area contributed by atoms with Gasteiger partial charge in [-0.15, -0.1) is 0 Å². The number of anilines is 2. The van der Waals surface area contributed by atoms with Crippen LogP contribution in [0.15, 0.2) is 65.6 Å². The quantitative estimate of drug-likeness (QED) is 0.377. The van der Waals surface area contributed by atoms with Gasteiger partial charge in [0.1, 0.15) is 5.75 Å². The molecule has 1 amide bonds. The standard InChI is InChI=1S/C25H23ClN2O8S/c1-4-36-22-10-9-20(14-21(22)27-23(29)15-5-7-18(26)8-6-15)37(32,33)28-19-12-16(24(30)34-2)11-17(13-19)25(31)35-3/h5-14,28H,4H2,1-3H3,(H,27,29). The molecule has 0 unspecified atom stereocenters. The second-order valence-corrected chi connectivity index (χ2v) is 9.56. The number of carbonyl (C=O) groups is 3. The molecule has 3 aromatic rings. The molecule has 0 saturated carbocycles. The number of ether oxygens (including phenoxy) is 3. The van der Waals surface area contributed by atoms with Crippen LogP contribution in [0.5, 0.6) is 5.75 Å². The molecule has 3 aromatic carbocycles. The van der Waals surface area contributed by atoms with E-state index < -0.39 is 27.9 Å². The molecule has 0 saturated heterocycles. The van der Waals surface area contributed by atoms with Gasteiger partial charge in [0.25, 0.3) is 15.9 Å². The molecule has 0 heterocycles. The van der Waals surface area contributed by atoms with Gasteiger partial charge in [-0.05, 0) is 67.6 Å². The van der Waals surface area contributed by atoms with Crippen molar-refractivity contribution >= 4 is 50.8 Å². The number of amides is 1. The molecule has 194 valence electrons. The van der Waals surface area contributed by atoms with E-state index in [1.165, 1.54) is 48.5 Å². The summed E-state index contributed by atoms with van der Waals surface area (Å²) in [6.45, 7) is 2.01. The molecular weight excluding hydrogens is 524 g/mol. The van der Waals surface area contributed by atoms with Gasteiger partial charge in [0.15, 0.2) is 0 Å². The Hall–Kier alpha value is -4.09. The van der Waals surface area contributed by atoms with Crippen LogP contribution in [0.1, 0.15) is 38.0 Å². The monoisotopic (exact) mass is 546 g/mol. The lowest BCUT2D eigenvalue weighted by Gasteiger charge is -2.15. The van der Waals surface area contributed by atoms with Crippen LogP contribution in [-0.4, -0.2) is 47.1 Å². The highest BCUT2D eigenvalue weighted by Gasteiger charge is 2.21. The highest BCUT2D eigenvalue weighted by Crippen LogP contribution is 2.30. The maximum atomic E-state index is 13.2. The first kappa shape index (κ1) is 27.5. The Morgan fingerprint density at radius 1 is 0.838 bits per heavy atom. The molecule has 10 nitrogen and oxygen atoms in total. The fourth-order valence-corrected chi connectivity index (χ4v) is 4.42. The SMILES string of the molecule is CCOc1ccc(S(=O)(=O)Nc2cc(C(=O)OC)cc(C(=O)OC)c2)cc1NC(=O)c1ccc(Cl)cc1. The lowest BCUT2D eigenvalue weighted by atomic mass is 10.1. The van der Waals surface area contributed by atoms with E-state index in [2.05, 4.69) is 19.5 Å². The fraction of sp³-hybridized carbons (Fsp3) is 0.160. The molecule has 0 aliphatic carbocycles. The summed E-state index contributed by atoms with van der Waals surface area (Å²) in [7, 11) is -1.95. The summed E-state index contributed by atoms with van der Waals surface area (Å²) in [5.41, 5.74) is 0.205. The van der Waals surface area contributed by atoms with Crippen LogP contribution in [0, 0.1) is 0 Å². The molecule has 0 aliphatic rings. The van der Waals surface area contributed by atoms with Crippen molar-refractivity contribution < 1.29 is 37.0 Å². The van der Waals surface area contributed by atoms with Crippen LogP contribution in [-0.2, 0) is 19.5 Å². The van der Waals surface area contributed by atoms with E-state index in [1.807, 2.05) is 0 Å². The zero-order valence-electron chi connectivity index (χ0n) is 20.0. The van der Waals surface area contributed by atoms with Gasteiger partial charge in [-0.2, -0.15) is 0 Å². The zero-order valence-corrected chi connectivity index (χ0v) is 21.6. The Kier molecular flexibility index (Phi) is 8.74. The summed E-state index contributed by atoms with van der Waals surface area (Å²) in [5.74, 6) is -1.81. The molecule has 0 aliphatic heterocycles. The predicted octanol–water partition coefficient (Wildman–Crippen LogP) is 4.37. The highest BCUT2D eigenvalue weighted by molar-refractivity contribution is 7.92. The first-order chi connectivity index (χ1) is 17.6. The van der Waals surface area contributed by atoms with Crippen molar-refractivity contribution in [3.63, 3.8) is 0 Å². The largest absolute Gasteiger partial charge is 0.492 e. The Balaban J connectivity index is 1.97. The second kappa shape index (κ2) is 11.8. The number of rotatable bonds is 9. The molecule has 0 atom stereocenters. The van der Waals surface area contributed by atoms with E-state index in [-0.39, 0.29) is 39.8 Å². The summed E-state index contributed by atoms with van der Waals surface area (Å²) in [5, 5.41) is 3.11. The van der Waals surface area contributed by atoms with Crippen LogP contribution < -0.4 is 14.8 Å². The smallest absolute Gasteiger partial charge is 0.337 e. The van der Waals surface area contributed by atoms with Crippen molar-refractivity contribution in [1.82, 2.24) is 0 Å². The van der Waals surface area contributed by atoms with Gasteiger partial charge < -0.3 is 19.5 Å². The Labute approximate surface area is 218 Å². The van der Waals surface area contributed by atoms with Gasteiger partial charge in [-0.3, -0.25) is 9.52 Å². The topological polar surface area (TPSA) is 137 Å². The van der Waals surface area contributed by atoms with Crippen LogP contribution in [0.4, 0.5) is 11.4 Å². The average molecular weight is 547 g/mol. The van der Waals surface area contributed by atoms with Crippen molar-refractivity contribution in [2.24, 2.45) is 0 Å². The first-order valence-corrected chi connectivity index (χ1v) is 12.6. The lowest BCUT2D eigenvalue weighted by Crippen LogP contribution is -2.17. The van der Waals surface area contributed by atoms with E-state index in [0.29, 0.717) is 10.6 Å². The Morgan fingerprint density at radius 3 is 1.97 bits per heavy atom. The van der Waals surface area contributed by atoms with Crippen molar-refractivity contribution in [3.8, 4) is 5.75 Å². The van der Waals surface area contributed by atoms with Gasteiger partial charge >= 0.3 is 11.9 Å². The van der Waals surface area contributed by atoms with Gasteiger partial charge in [0.2, 0.25) is 0 Å². The molecule has 12 heteroatoms. The first-order valence-electron chi connectivity index (χ1n) is 10.8. The summed E-state index contributed by atoms with van der Waals surface area (Å²) >= 11 is 5.87. The van der Waals surface area contributed by atoms with Gasteiger partial charge in [-0.25, -0.2) is 18.0 Å². The minimum Gasteiger partial charge on any atom is -0.492 e. The third-order valence-corrected chi connectivity index (χ3v) is 6.57. The number of methoxy groups -OCH3 is 2. The zero-order chi connectivity index (χ0) is 27.2. The third-order valence-electron chi connectivity index (χ3n) is 4.94. The van der Waals surface area contributed by atoms with Crippen LogP contribution in [0.3, 0.4) is 0 Å². The van der Waals surface area contributed by atoms with E-state index in [1.54, 1.807) is 19.1 Å². The normalized spacial score (nSPS) is 10.8. The minimum absolute atomic E-state index is 0.0642. The summed E-state index contributed by atoms with van der Waals surface area (Å²) < 4.78 is 43.6. The summed E-state index contributed by atoms with van der Waals surface area (Å²) in [6, 6.07) is 13.7. The van der Waals surface area contributed by atoms with E-state index in [4.69, 9.17) is 16.3 Å². The number of nitrogens with one attached hydrogen (secondary N) is 2. The van der Waals surface area contributed by atoms with E-state index >= 15 is 0 Å². The third kappa shape index (κ3) is 6.78. The van der Waals surface area contributed by atoms with Crippen LogP contribution in [0.2, 0.25) is 5.02 Å². The van der Waals surface area contributed by atoms with Gasteiger partial charge in [0, 0.05) is 10.6 Å². The Morgan fingerprint density at radius 2 is 1.43 bits per heavy atom. The van der Waals surface area contributed by atoms with Crippen LogP contribution >= 0.6 is 11.6 Å². The Bertz CT molecular complexity index is 1410. The van der Waals surface area contributed by atoms with Gasteiger partial charge in [-0.1, -0.05) is 11.6 Å². The van der Waals surface area contributed by atoms with Crippen molar-refractivity contribution in [2.75, 3.05) is 30.9 Å². The molecule has 0 bridgehead atoms. The number of sulfonamides is 1.